The van der Waals surface area contributed by atoms with Crippen molar-refractivity contribution in [1.82, 2.24) is 15.1 Å². The molecule has 1 aliphatic heterocycles. The molecule has 24 heavy (non-hydrogen) atoms. The molecule has 0 bridgehead atoms. The van der Waals surface area contributed by atoms with Gasteiger partial charge in [-0.1, -0.05) is 23.7 Å². The van der Waals surface area contributed by atoms with Crippen LogP contribution in [0.3, 0.4) is 0 Å². The number of rotatable bonds is 7. The number of H-pyrrole nitrogens is 1. The lowest BCUT2D eigenvalue weighted by atomic mass is 9.91. The van der Waals surface area contributed by atoms with Crippen molar-refractivity contribution in [2.24, 2.45) is 0 Å². The average molecular weight is 350 g/mol. The average Bonchev–Trinajstić information content (AvgIpc) is 3.12. The van der Waals surface area contributed by atoms with Gasteiger partial charge in [0.2, 0.25) is 0 Å². The highest BCUT2D eigenvalue weighted by Gasteiger charge is 2.22. The molecule has 0 amide bonds. The van der Waals surface area contributed by atoms with Crippen molar-refractivity contribution in [2.75, 3.05) is 26.2 Å². The minimum absolute atomic E-state index is 0.351. The number of nitrogens with zero attached hydrogens (tertiary/aromatic N) is 2. The van der Waals surface area contributed by atoms with Gasteiger partial charge in [0.15, 0.2) is 0 Å². The molecule has 1 saturated heterocycles. The number of halogens is 1. The smallest absolute Gasteiger partial charge is 0.0900 e. The van der Waals surface area contributed by atoms with E-state index < -0.39 is 6.10 Å². The second-order valence-electron chi connectivity index (χ2n) is 6.40. The highest BCUT2D eigenvalue weighted by molar-refractivity contribution is 6.30. The Labute approximate surface area is 147 Å². The van der Waals surface area contributed by atoms with E-state index in [4.69, 9.17) is 16.3 Å². The maximum Gasteiger partial charge on any atom is 0.0900 e. The van der Waals surface area contributed by atoms with E-state index in [1.165, 1.54) is 5.56 Å². The number of benzene rings is 1. The van der Waals surface area contributed by atoms with Crippen LogP contribution in [-0.4, -0.2) is 52.5 Å². The van der Waals surface area contributed by atoms with Gasteiger partial charge in [0.25, 0.3) is 0 Å². The van der Waals surface area contributed by atoms with Crippen LogP contribution in [0.5, 0.6) is 0 Å². The third kappa shape index (κ3) is 5.05. The number of aromatic amines is 1. The van der Waals surface area contributed by atoms with Gasteiger partial charge in [0.05, 0.1) is 25.5 Å². The summed E-state index contributed by atoms with van der Waals surface area (Å²) in [5, 5.41) is 17.8. The molecule has 0 radical (unpaired) electrons. The Morgan fingerprint density at radius 3 is 2.71 bits per heavy atom. The van der Waals surface area contributed by atoms with E-state index in [-0.39, 0.29) is 0 Å². The summed E-state index contributed by atoms with van der Waals surface area (Å²) in [6.45, 7) is 3.52. The number of nitrogens with one attached hydrogen (secondary N) is 1. The molecule has 2 aromatic rings. The van der Waals surface area contributed by atoms with Gasteiger partial charge in [-0.15, -0.1) is 0 Å². The monoisotopic (exact) mass is 349 g/mol. The topological polar surface area (TPSA) is 61.4 Å². The minimum Gasteiger partial charge on any atom is -0.389 e. The lowest BCUT2D eigenvalue weighted by Crippen LogP contribution is -2.39. The molecule has 0 spiro atoms. The van der Waals surface area contributed by atoms with Gasteiger partial charge in [-0.25, -0.2) is 0 Å². The molecule has 1 atom stereocenters. The summed E-state index contributed by atoms with van der Waals surface area (Å²) in [5.74, 6) is 0.582. The molecular formula is C18H24ClN3O2. The largest absolute Gasteiger partial charge is 0.389 e. The predicted molar refractivity (Wildman–Crippen MR) is 94.1 cm³/mol. The maximum atomic E-state index is 10.2. The number of piperidine rings is 1. The Morgan fingerprint density at radius 2 is 2.04 bits per heavy atom. The van der Waals surface area contributed by atoms with Crippen LogP contribution in [0.25, 0.3) is 0 Å². The van der Waals surface area contributed by atoms with Crippen molar-refractivity contribution in [2.45, 2.75) is 31.5 Å². The molecule has 1 aromatic carbocycles. The normalized spacial score (nSPS) is 17.9. The van der Waals surface area contributed by atoms with Gasteiger partial charge in [-0.05, 0) is 55.1 Å². The van der Waals surface area contributed by atoms with Crippen molar-refractivity contribution in [3.8, 4) is 0 Å². The summed E-state index contributed by atoms with van der Waals surface area (Å²) in [7, 11) is 0. The Hall–Kier alpha value is -1.40. The van der Waals surface area contributed by atoms with Crippen LogP contribution < -0.4 is 0 Å². The first kappa shape index (κ1) is 17.4. The lowest BCUT2D eigenvalue weighted by molar-refractivity contribution is 0.00622. The number of hydrogen-bond acceptors (Lipinski definition) is 4. The Bertz CT molecular complexity index is 595. The highest BCUT2D eigenvalue weighted by Crippen LogP contribution is 2.27. The van der Waals surface area contributed by atoms with Crippen LogP contribution in [-0.2, 0) is 11.3 Å². The number of aliphatic hydroxyl groups is 1. The quantitative estimate of drug-likeness (QED) is 0.807. The second-order valence-corrected chi connectivity index (χ2v) is 6.84. The molecule has 6 heteroatoms. The number of β-amino-alcohol motifs (C(OH)–C–C–N with tert-alkyl or cyclic N) is 1. The van der Waals surface area contributed by atoms with Gasteiger partial charge >= 0.3 is 0 Å². The van der Waals surface area contributed by atoms with Gasteiger partial charge in [-0.3, -0.25) is 5.10 Å². The Balaban J connectivity index is 1.34. The summed E-state index contributed by atoms with van der Waals surface area (Å²) in [5.41, 5.74) is 2.36. The number of aromatic nitrogens is 2. The zero-order valence-electron chi connectivity index (χ0n) is 13.7. The fourth-order valence-electron chi connectivity index (χ4n) is 3.18. The zero-order chi connectivity index (χ0) is 16.8. The highest BCUT2D eigenvalue weighted by atomic mass is 35.5. The number of aliphatic hydroxyl groups excluding tert-OH is 1. The standard InChI is InChI=1S/C18H24ClN3O2/c19-17-3-1-14(2-4-17)12-24-13-18(23)11-22-7-5-15(6-8-22)16-9-20-21-10-16/h1-4,9-10,15,18,23H,5-8,11-13H2,(H,20,21)/t18-/m0/s1. The van der Waals surface area contributed by atoms with E-state index in [1.54, 1.807) is 0 Å². The first-order valence-corrected chi connectivity index (χ1v) is 8.80. The molecule has 1 aliphatic rings. The number of ether oxygens (including phenoxy) is 1. The zero-order valence-corrected chi connectivity index (χ0v) is 14.5. The van der Waals surface area contributed by atoms with E-state index in [1.807, 2.05) is 36.7 Å². The molecule has 130 valence electrons. The van der Waals surface area contributed by atoms with Crippen LogP contribution in [0.4, 0.5) is 0 Å². The second kappa shape index (κ2) is 8.62. The van der Waals surface area contributed by atoms with E-state index in [0.717, 1.165) is 36.5 Å². The SMILES string of the molecule is O[C@H](COCc1ccc(Cl)cc1)CN1CCC(c2cn[nH]c2)CC1. The predicted octanol–water partition coefficient (Wildman–Crippen LogP) is 2.82. The molecule has 1 fully saturated rings. The van der Waals surface area contributed by atoms with Crippen LogP contribution in [0.15, 0.2) is 36.7 Å². The molecule has 0 unspecified atom stereocenters. The van der Waals surface area contributed by atoms with Gasteiger partial charge in [0.1, 0.15) is 0 Å². The fourth-order valence-corrected chi connectivity index (χ4v) is 3.30. The molecule has 2 N–H and O–H groups in total. The first-order chi connectivity index (χ1) is 11.7. The van der Waals surface area contributed by atoms with Crippen molar-refractivity contribution < 1.29 is 9.84 Å². The molecule has 2 heterocycles. The first-order valence-electron chi connectivity index (χ1n) is 8.42. The maximum absolute atomic E-state index is 10.2. The van der Waals surface area contributed by atoms with Crippen LogP contribution >= 0.6 is 11.6 Å². The fraction of sp³-hybridized carbons (Fsp3) is 0.500. The van der Waals surface area contributed by atoms with Crippen LogP contribution in [0.2, 0.25) is 5.02 Å². The van der Waals surface area contributed by atoms with Gasteiger partial charge in [0, 0.05) is 17.8 Å². The van der Waals surface area contributed by atoms with Gasteiger partial charge < -0.3 is 14.7 Å². The van der Waals surface area contributed by atoms with Gasteiger partial charge in [-0.2, -0.15) is 5.10 Å². The molecule has 0 aliphatic carbocycles. The molecule has 3 rings (SSSR count). The molecular weight excluding hydrogens is 326 g/mol. The van der Waals surface area contributed by atoms with Crippen LogP contribution in [0.1, 0.15) is 29.9 Å². The van der Waals surface area contributed by atoms with Crippen molar-refractivity contribution >= 4 is 11.6 Å². The summed E-state index contributed by atoms with van der Waals surface area (Å²) in [6.07, 6.45) is 5.66. The third-order valence-corrected chi connectivity index (χ3v) is 4.79. The van der Waals surface area contributed by atoms with E-state index in [9.17, 15) is 5.11 Å². The third-order valence-electron chi connectivity index (χ3n) is 4.54. The lowest BCUT2D eigenvalue weighted by Gasteiger charge is -2.32. The molecule has 1 aromatic heterocycles. The van der Waals surface area contributed by atoms with E-state index in [0.29, 0.717) is 25.7 Å². The number of hydrogen-bond donors (Lipinski definition) is 2. The summed E-state index contributed by atoms with van der Waals surface area (Å²) in [4.78, 5) is 2.31. The summed E-state index contributed by atoms with van der Waals surface area (Å²) < 4.78 is 5.61. The Morgan fingerprint density at radius 1 is 1.29 bits per heavy atom. The number of likely N-dealkylation sites (tertiary alicyclic amines) is 1. The van der Waals surface area contributed by atoms with E-state index in [2.05, 4.69) is 15.1 Å². The summed E-state index contributed by atoms with van der Waals surface area (Å²) >= 11 is 5.86. The van der Waals surface area contributed by atoms with Crippen molar-refractivity contribution in [1.29, 1.82) is 0 Å². The molecule has 5 nitrogen and oxygen atoms in total. The minimum atomic E-state index is -0.456. The van der Waals surface area contributed by atoms with Crippen molar-refractivity contribution in [3.63, 3.8) is 0 Å². The molecule has 0 saturated carbocycles. The summed E-state index contributed by atoms with van der Waals surface area (Å²) in [6, 6.07) is 7.58. The Kier molecular flexibility index (Phi) is 6.26. The van der Waals surface area contributed by atoms with Crippen LogP contribution in [0, 0.1) is 0 Å². The van der Waals surface area contributed by atoms with E-state index >= 15 is 0 Å². The van der Waals surface area contributed by atoms with Crippen molar-refractivity contribution in [3.05, 3.63) is 52.8 Å².